The quantitative estimate of drug-likeness (QED) is 0.405. The fraction of sp³-hybridized carbons (Fsp3) is 0.481. The molecule has 0 spiro atoms. The first-order valence-corrected chi connectivity index (χ1v) is 14.3. The first kappa shape index (κ1) is 29.7. The third kappa shape index (κ3) is 8.31. The number of likely N-dealkylation sites (tertiary alicyclic amines) is 1. The van der Waals surface area contributed by atoms with Crippen LogP contribution in [0.3, 0.4) is 0 Å². The van der Waals surface area contributed by atoms with E-state index in [0.29, 0.717) is 31.5 Å². The van der Waals surface area contributed by atoms with E-state index < -0.39 is 21.7 Å². The Morgan fingerprint density at radius 2 is 1.71 bits per heavy atom. The lowest BCUT2D eigenvalue weighted by molar-refractivity contribution is -0.137. The molecule has 0 saturated carbocycles. The molecule has 0 aromatic heterocycles. The second kappa shape index (κ2) is 13.8. The Labute approximate surface area is 223 Å². The summed E-state index contributed by atoms with van der Waals surface area (Å²) in [7, 11) is -2.20. The van der Waals surface area contributed by atoms with Crippen LogP contribution >= 0.6 is 0 Å². The molecule has 1 aliphatic rings. The zero-order chi connectivity index (χ0) is 27.7. The van der Waals surface area contributed by atoms with E-state index in [1.54, 1.807) is 34.1 Å². The molecule has 0 bridgehead atoms. The van der Waals surface area contributed by atoms with Crippen molar-refractivity contribution < 1.29 is 31.5 Å². The smallest absolute Gasteiger partial charge is 0.238 e. The Hall–Kier alpha value is -2.89. The van der Waals surface area contributed by atoms with Crippen LogP contribution in [0.5, 0.6) is 0 Å². The maximum Gasteiger partial charge on any atom is 0.238 e. The number of amides is 2. The number of ether oxygens (including phenoxy) is 1. The number of carbonyl (C=O) groups excluding carboxylic acids is 2. The van der Waals surface area contributed by atoms with Gasteiger partial charge >= 0.3 is 0 Å². The minimum Gasteiger partial charge on any atom is -0.383 e. The summed E-state index contributed by atoms with van der Waals surface area (Å²) < 4.78 is 58.4. The van der Waals surface area contributed by atoms with Gasteiger partial charge in [-0.2, -0.15) is 4.31 Å². The molecule has 1 saturated heterocycles. The van der Waals surface area contributed by atoms with Crippen molar-refractivity contribution in [1.82, 2.24) is 14.1 Å². The second-order valence-corrected chi connectivity index (χ2v) is 11.6. The molecule has 2 aromatic carbocycles. The van der Waals surface area contributed by atoms with E-state index in [0.717, 1.165) is 9.87 Å². The third-order valence-electron chi connectivity index (χ3n) is 6.70. The van der Waals surface area contributed by atoms with Crippen molar-refractivity contribution in [3.63, 3.8) is 0 Å². The fourth-order valence-electron chi connectivity index (χ4n) is 4.50. The number of methoxy groups -OCH3 is 1. The van der Waals surface area contributed by atoms with Crippen LogP contribution in [-0.2, 0) is 37.3 Å². The fourth-order valence-corrected chi connectivity index (χ4v) is 5.53. The number of carbonyl (C=O) groups is 2. The van der Waals surface area contributed by atoms with Crippen molar-refractivity contribution in [3.8, 4) is 0 Å². The van der Waals surface area contributed by atoms with Crippen LogP contribution in [0, 0.1) is 11.6 Å². The van der Waals surface area contributed by atoms with Crippen LogP contribution in [0.15, 0.2) is 48.5 Å². The van der Waals surface area contributed by atoms with Crippen LogP contribution < -0.4 is 0 Å². The van der Waals surface area contributed by atoms with Crippen molar-refractivity contribution in [2.75, 3.05) is 45.6 Å². The van der Waals surface area contributed by atoms with E-state index >= 15 is 0 Å². The zero-order valence-electron chi connectivity index (χ0n) is 21.8. The monoisotopic (exact) mass is 551 g/mol. The molecule has 0 radical (unpaired) electrons. The van der Waals surface area contributed by atoms with Gasteiger partial charge in [-0.25, -0.2) is 17.2 Å². The lowest BCUT2D eigenvalue weighted by Crippen LogP contribution is -2.51. The molecular formula is C27H35F2N3O5S. The van der Waals surface area contributed by atoms with E-state index in [2.05, 4.69) is 0 Å². The van der Waals surface area contributed by atoms with Gasteiger partial charge in [-0.05, 0) is 55.2 Å². The van der Waals surface area contributed by atoms with Gasteiger partial charge in [-0.1, -0.05) is 24.3 Å². The molecule has 0 unspecified atom stereocenters. The Balaban J connectivity index is 1.72. The molecule has 38 heavy (non-hydrogen) atoms. The van der Waals surface area contributed by atoms with Crippen LogP contribution in [0.1, 0.15) is 30.9 Å². The number of rotatable bonds is 12. The van der Waals surface area contributed by atoms with E-state index in [4.69, 9.17) is 4.74 Å². The number of piperidine rings is 1. The van der Waals surface area contributed by atoms with Crippen molar-refractivity contribution >= 4 is 21.8 Å². The van der Waals surface area contributed by atoms with Crippen molar-refractivity contribution in [1.29, 1.82) is 0 Å². The summed E-state index contributed by atoms with van der Waals surface area (Å²) in [5.74, 6) is -1.41. The van der Waals surface area contributed by atoms with Crippen LogP contribution in [0.25, 0.3) is 0 Å². The predicted molar refractivity (Wildman–Crippen MR) is 140 cm³/mol. The molecule has 1 heterocycles. The maximum atomic E-state index is 13.9. The minimum atomic E-state index is -3.65. The van der Waals surface area contributed by atoms with E-state index in [1.165, 1.54) is 38.3 Å². The first-order valence-electron chi connectivity index (χ1n) is 12.7. The number of benzene rings is 2. The SMILES string of the molecule is CCS(=O)(=O)N(CCOC)CC(=O)N(Cc1cccc(F)c1)C1CCN(C(=O)Cc2ccc(F)cc2)CC1. The van der Waals surface area contributed by atoms with Gasteiger partial charge < -0.3 is 14.5 Å². The Bertz CT molecular complexity index is 1190. The minimum absolute atomic E-state index is 0.0442. The lowest BCUT2D eigenvalue weighted by Gasteiger charge is -2.39. The van der Waals surface area contributed by atoms with Gasteiger partial charge in [-0.15, -0.1) is 0 Å². The van der Waals surface area contributed by atoms with E-state index in [1.807, 2.05) is 0 Å². The Morgan fingerprint density at radius 3 is 2.32 bits per heavy atom. The van der Waals surface area contributed by atoms with Crippen LogP contribution in [-0.4, -0.2) is 86.0 Å². The highest BCUT2D eigenvalue weighted by molar-refractivity contribution is 7.89. The normalized spacial score (nSPS) is 14.6. The Morgan fingerprint density at radius 1 is 1.03 bits per heavy atom. The van der Waals surface area contributed by atoms with Gasteiger partial charge in [0.1, 0.15) is 11.6 Å². The van der Waals surface area contributed by atoms with Gasteiger partial charge in [0, 0.05) is 39.3 Å². The highest BCUT2D eigenvalue weighted by Crippen LogP contribution is 2.21. The summed E-state index contributed by atoms with van der Waals surface area (Å²) >= 11 is 0. The number of sulfonamides is 1. The molecule has 2 aromatic rings. The molecule has 8 nitrogen and oxygen atoms in total. The van der Waals surface area contributed by atoms with E-state index in [-0.39, 0.29) is 56.2 Å². The second-order valence-electron chi connectivity index (χ2n) is 9.29. The largest absolute Gasteiger partial charge is 0.383 e. The average Bonchev–Trinajstić information content (AvgIpc) is 2.91. The number of hydrogen-bond donors (Lipinski definition) is 0. The van der Waals surface area contributed by atoms with Crippen LogP contribution in [0.2, 0.25) is 0 Å². The molecular weight excluding hydrogens is 516 g/mol. The van der Waals surface area contributed by atoms with Gasteiger partial charge in [0.25, 0.3) is 0 Å². The van der Waals surface area contributed by atoms with E-state index in [9.17, 15) is 26.8 Å². The maximum absolute atomic E-state index is 13.9. The highest BCUT2D eigenvalue weighted by Gasteiger charge is 2.32. The Kier molecular flexibility index (Phi) is 10.7. The summed E-state index contributed by atoms with van der Waals surface area (Å²) in [6, 6.07) is 11.5. The number of nitrogens with zero attached hydrogens (tertiary/aromatic N) is 3. The number of hydrogen-bond acceptors (Lipinski definition) is 5. The highest BCUT2D eigenvalue weighted by atomic mass is 32.2. The topological polar surface area (TPSA) is 87.2 Å². The summed E-state index contributed by atoms with van der Waals surface area (Å²) in [6.07, 6.45) is 1.14. The number of halogens is 2. The third-order valence-corrected chi connectivity index (χ3v) is 8.53. The van der Waals surface area contributed by atoms with Crippen molar-refractivity contribution in [2.24, 2.45) is 0 Å². The molecule has 2 amide bonds. The van der Waals surface area contributed by atoms with Gasteiger partial charge in [0.05, 0.1) is 25.3 Å². The summed E-state index contributed by atoms with van der Waals surface area (Å²) in [4.78, 5) is 29.6. The summed E-state index contributed by atoms with van der Waals surface area (Å²) in [6.45, 7) is 2.31. The molecule has 1 aliphatic heterocycles. The summed E-state index contributed by atoms with van der Waals surface area (Å²) in [5.41, 5.74) is 1.31. The van der Waals surface area contributed by atoms with Gasteiger partial charge in [-0.3, -0.25) is 9.59 Å². The molecule has 0 atom stereocenters. The van der Waals surface area contributed by atoms with Crippen molar-refractivity contribution in [3.05, 3.63) is 71.3 Å². The molecule has 0 aliphatic carbocycles. The van der Waals surface area contributed by atoms with Crippen LogP contribution in [0.4, 0.5) is 8.78 Å². The zero-order valence-corrected chi connectivity index (χ0v) is 22.6. The van der Waals surface area contributed by atoms with Gasteiger partial charge in [0.2, 0.25) is 21.8 Å². The summed E-state index contributed by atoms with van der Waals surface area (Å²) in [5, 5.41) is 0. The van der Waals surface area contributed by atoms with Crippen molar-refractivity contribution in [2.45, 2.75) is 38.8 Å². The molecule has 3 rings (SSSR count). The predicted octanol–water partition coefficient (Wildman–Crippen LogP) is 2.83. The van der Waals surface area contributed by atoms with Gasteiger partial charge in [0.15, 0.2) is 0 Å². The standard InChI is InChI=1S/C27H35F2N3O5S/c1-3-38(35,36)31(15-16-37-2)20-27(34)32(19-22-5-4-6-24(29)17-22)25-11-13-30(14-12-25)26(33)18-21-7-9-23(28)10-8-21/h4-10,17,25H,3,11-16,18-20H2,1-2H3. The molecule has 1 fully saturated rings. The first-order chi connectivity index (χ1) is 18.1. The lowest BCUT2D eigenvalue weighted by atomic mass is 10.0. The molecule has 11 heteroatoms. The molecule has 0 N–H and O–H groups in total. The average molecular weight is 552 g/mol. The molecule has 208 valence electrons.